The molecular weight excluding hydrogens is 184 g/mol. The van der Waals surface area contributed by atoms with E-state index >= 15 is 0 Å². The highest BCUT2D eigenvalue weighted by atomic mass is 15.1. The van der Waals surface area contributed by atoms with E-state index < -0.39 is 0 Å². The second-order valence-corrected chi connectivity index (χ2v) is 4.69. The highest BCUT2D eigenvalue weighted by molar-refractivity contribution is 5.45. The van der Waals surface area contributed by atoms with Crippen LogP contribution in [0.2, 0.25) is 0 Å². The fourth-order valence-electron chi connectivity index (χ4n) is 2.45. The predicted octanol–water partition coefficient (Wildman–Crippen LogP) is 3.02. The maximum absolute atomic E-state index is 4.23. The van der Waals surface area contributed by atoms with E-state index in [0.29, 0.717) is 0 Å². The summed E-state index contributed by atoms with van der Waals surface area (Å²) in [5.41, 5.74) is 2.40. The Morgan fingerprint density at radius 2 is 2.13 bits per heavy atom. The Morgan fingerprint density at radius 3 is 2.80 bits per heavy atom. The molecule has 0 saturated heterocycles. The van der Waals surface area contributed by atoms with Crippen molar-refractivity contribution in [3.63, 3.8) is 0 Å². The van der Waals surface area contributed by atoms with Gasteiger partial charge >= 0.3 is 0 Å². The number of aryl methyl sites for hydroxylation is 1. The smallest absolute Gasteiger partial charge is 0.0397 e. The van der Waals surface area contributed by atoms with Crippen molar-refractivity contribution in [3.8, 4) is 0 Å². The zero-order valence-electron chi connectivity index (χ0n) is 9.74. The molecule has 0 amide bonds. The summed E-state index contributed by atoms with van der Waals surface area (Å²) >= 11 is 0. The third kappa shape index (κ3) is 2.71. The molecule has 0 radical (unpaired) electrons. The van der Waals surface area contributed by atoms with E-state index in [4.69, 9.17) is 0 Å². The predicted molar refractivity (Wildman–Crippen MR) is 64.2 cm³/mol. The van der Waals surface area contributed by atoms with E-state index in [1.54, 1.807) is 0 Å². The Balaban J connectivity index is 1.97. The standard InChI is InChI=1S/C13H20N2/c1-11-9-13(7-8-14-11)15(2)10-12-5-3-4-6-12/h7-9,12H,3-6,10H2,1-2H3. The van der Waals surface area contributed by atoms with Crippen LogP contribution in [0.1, 0.15) is 31.4 Å². The van der Waals surface area contributed by atoms with Crippen molar-refractivity contribution in [2.75, 3.05) is 18.5 Å². The van der Waals surface area contributed by atoms with Crippen LogP contribution < -0.4 is 4.90 Å². The number of hydrogen-bond donors (Lipinski definition) is 0. The molecule has 1 aliphatic carbocycles. The van der Waals surface area contributed by atoms with E-state index in [1.807, 2.05) is 13.1 Å². The molecule has 1 aromatic rings. The summed E-state index contributed by atoms with van der Waals surface area (Å²) in [6, 6.07) is 4.26. The topological polar surface area (TPSA) is 16.1 Å². The molecule has 0 atom stereocenters. The fourth-order valence-corrected chi connectivity index (χ4v) is 2.45. The van der Waals surface area contributed by atoms with Crippen LogP contribution in [0.4, 0.5) is 5.69 Å². The van der Waals surface area contributed by atoms with E-state index in [9.17, 15) is 0 Å². The lowest BCUT2D eigenvalue weighted by atomic mass is 10.1. The Bertz CT molecular complexity index is 316. The summed E-state index contributed by atoms with van der Waals surface area (Å²) in [4.78, 5) is 6.59. The monoisotopic (exact) mass is 204 g/mol. The Morgan fingerprint density at radius 1 is 1.40 bits per heavy atom. The van der Waals surface area contributed by atoms with Crippen LogP contribution in [0.5, 0.6) is 0 Å². The minimum absolute atomic E-state index is 0.906. The lowest BCUT2D eigenvalue weighted by molar-refractivity contribution is 0.547. The van der Waals surface area contributed by atoms with Gasteiger partial charge in [-0.25, -0.2) is 0 Å². The first-order valence-corrected chi connectivity index (χ1v) is 5.89. The lowest BCUT2D eigenvalue weighted by Crippen LogP contribution is -2.24. The van der Waals surface area contributed by atoms with Gasteiger partial charge < -0.3 is 4.90 Å². The van der Waals surface area contributed by atoms with Gasteiger partial charge in [0.05, 0.1) is 0 Å². The van der Waals surface area contributed by atoms with Crippen LogP contribution >= 0.6 is 0 Å². The number of aromatic nitrogens is 1. The molecule has 0 N–H and O–H groups in total. The van der Waals surface area contributed by atoms with Gasteiger partial charge in [-0.15, -0.1) is 0 Å². The van der Waals surface area contributed by atoms with Crippen molar-refractivity contribution >= 4 is 5.69 Å². The zero-order valence-corrected chi connectivity index (χ0v) is 9.74. The highest BCUT2D eigenvalue weighted by Gasteiger charge is 2.16. The highest BCUT2D eigenvalue weighted by Crippen LogP contribution is 2.26. The average Bonchev–Trinajstić information content (AvgIpc) is 2.70. The van der Waals surface area contributed by atoms with Gasteiger partial charge in [0.2, 0.25) is 0 Å². The summed E-state index contributed by atoms with van der Waals surface area (Å²) in [6.45, 7) is 3.25. The van der Waals surface area contributed by atoms with E-state index in [2.05, 4.69) is 29.1 Å². The lowest BCUT2D eigenvalue weighted by Gasteiger charge is -2.23. The van der Waals surface area contributed by atoms with Gasteiger partial charge in [0.15, 0.2) is 0 Å². The second kappa shape index (κ2) is 4.65. The maximum Gasteiger partial charge on any atom is 0.0397 e. The number of nitrogens with zero attached hydrogens (tertiary/aromatic N) is 2. The van der Waals surface area contributed by atoms with Crippen molar-refractivity contribution in [1.82, 2.24) is 4.98 Å². The van der Waals surface area contributed by atoms with Crippen molar-refractivity contribution in [3.05, 3.63) is 24.0 Å². The van der Waals surface area contributed by atoms with Crippen LogP contribution in [0, 0.1) is 12.8 Å². The van der Waals surface area contributed by atoms with Gasteiger partial charge in [-0.1, -0.05) is 12.8 Å². The van der Waals surface area contributed by atoms with Crippen molar-refractivity contribution < 1.29 is 0 Å². The third-order valence-electron chi connectivity index (χ3n) is 3.33. The third-order valence-corrected chi connectivity index (χ3v) is 3.33. The average molecular weight is 204 g/mol. The minimum atomic E-state index is 0.906. The first kappa shape index (κ1) is 10.5. The normalized spacial score (nSPS) is 16.9. The molecule has 0 aromatic carbocycles. The molecule has 1 aromatic heterocycles. The van der Waals surface area contributed by atoms with Crippen molar-refractivity contribution in [1.29, 1.82) is 0 Å². The maximum atomic E-state index is 4.23. The zero-order chi connectivity index (χ0) is 10.7. The molecule has 1 fully saturated rings. The molecule has 1 heterocycles. The van der Waals surface area contributed by atoms with Gasteiger partial charge in [-0.2, -0.15) is 0 Å². The van der Waals surface area contributed by atoms with E-state index in [0.717, 1.165) is 11.6 Å². The number of hydrogen-bond acceptors (Lipinski definition) is 2. The minimum Gasteiger partial charge on any atom is -0.374 e. The summed E-state index contributed by atoms with van der Waals surface area (Å²) < 4.78 is 0. The van der Waals surface area contributed by atoms with Crippen molar-refractivity contribution in [2.24, 2.45) is 5.92 Å². The van der Waals surface area contributed by atoms with Gasteiger partial charge in [0, 0.05) is 31.2 Å². The largest absolute Gasteiger partial charge is 0.374 e. The SMILES string of the molecule is Cc1cc(N(C)CC2CCCC2)ccn1. The van der Waals surface area contributed by atoms with Crippen LogP contribution in [0.15, 0.2) is 18.3 Å². The van der Waals surface area contributed by atoms with Crippen LogP contribution in [0.3, 0.4) is 0 Å². The first-order chi connectivity index (χ1) is 7.25. The fraction of sp³-hybridized carbons (Fsp3) is 0.615. The van der Waals surface area contributed by atoms with E-state index in [-0.39, 0.29) is 0 Å². The molecule has 0 aliphatic heterocycles. The van der Waals surface area contributed by atoms with Crippen LogP contribution in [0.25, 0.3) is 0 Å². The number of anilines is 1. The summed E-state index contributed by atoms with van der Waals surface area (Å²) in [7, 11) is 2.19. The van der Waals surface area contributed by atoms with Crippen molar-refractivity contribution in [2.45, 2.75) is 32.6 Å². The molecule has 0 spiro atoms. The van der Waals surface area contributed by atoms with E-state index in [1.165, 1.54) is 37.9 Å². The Kier molecular flexibility index (Phi) is 3.24. The van der Waals surface area contributed by atoms with Gasteiger partial charge in [0.25, 0.3) is 0 Å². The molecular formula is C13H20N2. The van der Waals surface area contributed by atoms with Gasteiger partial charge in [-0.3, -0.25) is 4.98 Å². The Hall–Kier alpha value is -1.05. The summed E-state index contributed by atoms with van der Waals surface area (Å²) in [6.07, 6.45) is 7.57. The quantitative estimate of drug-likeness (QED) is 0.752. The summed E-state index contributed by atoms with van der Waals surface area (Å²) in [5.74, 6) is 0.906. The van der Waals surface area contributed by atoms with Gasteiger partial charge in [0.1, 0.15) is 0 Å². The number of pyridine rings is 1. The molecule has 15 heavy (non-hydrogen) atoms. The molecule has 1 aliphatic rings. The Labute approximate surface area is 92.3 Å². The molecule has 2 nitrogen and oxygen atoms in total. The second-order valence-electron chi connectivity index (χ2n) is 4.69. The molecule has 1 saturated carbocycles. The van der Waals surface area contributed by atoms with Crippen LogP contribution in [-0.2, 0) is 0 Å². The number of rotatable bonds is 3. The first-order valence-electron chi connectivity index (χ1n) is 5.89. The van der Waals surface area contributed by atoms with Gasteiger partial charge in [-0.05, 0) is 37.8 Å². The molecule has 0 bridgehead atoms. The summed E-state index contributed by atoms with van der Waals surface area (Å²) in [5, 5.41) is 0. The molecule has 82 valence electrons. The van der Waals surface area contributed by atoms with Crippen LogP contribution in [-0.4, -0.2) is 18.6 Å². The molecule has 2 heteroatoms. The molecule has 0 unspecified atom stereocenters. The molecule has 2 rings (SSSR count).